The second-order valence-corrected chi connectivity index (χ2v) is 10.7. The molecule has 1 atom stereocenters. The van der Waals surface area contributed by atoms with Gasteiger partial charge in [0.05, 0.1) is 34.4 Å². The van der Waals surface area contributed by atoms with Gasteiger partial charge in [0, 0.05) is 23.7 Å². The number of aliphatic carboxylic acids is 1. The maximum atomic E-state index is 13.6. The van der Waals surface area contributed by atoms with Gasteiger partial charge in [-0.1, -0.05) is 56.5 Å². The second-order valence-electron chi connectivity index (χ2n) is 8.38. The largest absolute Gasteiger partial charge is 0.491 e. The third kappa shape index (κ3) is 5.38. The Balaban J connectivity index is 2.15. The molecule has 0 unspecified atom stereocenters. The summed E-state index contributed by atoms with van der Waals surface area (Å²) >= 11 is 6.47. The lowest BCUT2D eigenvalue weighted by atomic mass is 9.81. The molecule has 0 radical (unpaired) electrons. The van der Waals surface area contributed by atoms with E-state index in [4.69, 9.17) is 21.4 Å². The van der Waals surface area contributed by atoms with Gasteiger partial charge in [-0.25, -0.2) is 8.42 Å². The van der Waals surface area contributed by atoms with E-state index in [0.29, 0.717) is 12.2 Å². The van der Waals surface area contributed by atoms with Gasteiger partial charge in [0.2, 0.25) is 0 Å². The van der Waals surface area contributed by atoms with Gasteiger partial charge in [0.15, 0.2) is 9.84 Å². The van der Waals surface area contributed by atoms with Crippen molar-refractivity contribution in [3.8, 4) is 5.75 Å². The molecule has 174 valence electrons. The lowest BCUT2D eigenvalue weighted by Gasteiger charge is -2.36. The summed E-state index contributed by atoms with van der Waals surface area (Å²) in [6, 6.07) is 12.8. The fraction of sp³-hybridized carbons (Fsp3) is 0.458. The summed E-state index contributed by atoms with van der Waals surface area (Å²) in [7, 11) is -3.65. The van der Waals surface area contributed by atoms with Gasteiger partial charge >= 0.3 is 5.97 Å². The van der Waals surface area contributed by atoms with Crippen LogP contribution in [0.1, 0.15) is 46.0 Å². The van der Waals surface area contributed by atoms with E-state index in [-0.39, 0.29) is 34.4 Å². The first-order chi connectivity index (χ1) is 15.2. The van der Waals surface area contributed by atoms with Crippen molar-refractivity contribution < 1.29 is 23.1 Å². The number of carboxylic acids is 1. The molecule has 1 N–H and O–H groups in total. The normalized spacial score (nSPS) is 19.8. The third-order valence-electron chi connectivity index (χ3n) is 6.08. The van der Waals surface area contributed by atoms with Crippen LogP contribution in [0.3, 0.4) is 0 Å². The molecule has 2 aromatic carbocycles. The van der Waals surface area contributed by atoms with Crippen LogP contribution >= 0.6 is 11.6 Å². The number of unbranched alkanes of at least 4 members (excludes halogenated alkanes) is 1. The van der Waals surface area contributed by atoms with Crippen LogP contribution in [0.15, 0.2) is 47.4 Å². The van der Waals surface area contributed by atoms with Crippen molar-refractivity contribution in [1.29, 1.82) is 0 Å². The predicted octanol–water partition coefficient (Wildman–Crippen LogP) is 5.71. The van der Waals surface area contributed by atoms with E-state index in [0.717, 1.165) is 31.4 Å². The summed E-state index contributed by atoms with van der Waals surface area (Å²) in [5.41, 5.74) is 1.02. The lowest BCUT2D eigenvalue weighted by molar-refractivity contribution is -0.137. The average Bonchev–Trinajstić information content (AvgIpc) is 2.85. The SMILES string of the molecule is CCCC[C@]1(CC)CN(c2ccccc2)c2cc(Cl)c(OCCC(=O)O)cc2S(=O)(=O)C1. The molecule has 1 aliphatic rings. The first-order valence-corrected chi connectivity index (χ1v) is 13.0. The number of carbonyl (C=O) groups is 1. The molecule has 0 aromatic heterocycles. The Kier molecular flexibility index (Phi) is 7.72. The Morgan fingerprint density at radius 2 is 1.94 bits per heavy atom. The monoisotopic (exact) mass is 479 g/mol. The molecule has 8 heteroatoms. The second kappa shape index (κ2) is 10.1. The van der Waals surface area contributed by atoms with Crippen LogP contribution < -0.4 is 9.64 Å². The van der Waals surface area contributed by atoms with E-state index in [1.54, 1.807) is 6.07 Å². The molecule has 1 aliphatic heterocycles. The van der Waals surface area contributed by atoms with E-state index in [2.05, 4.69) is 13.8 Å². The van der Waals surface area contributed by atoms with E-state index in [9.17, 15) is 13.2 Å². The number of anilines is 2. The number of sulfone groups is 1. The number of hydrogen-bond acceptors (Lipinski definition) is 5. The molecule has 0 bridgehead atoms. The zero-order chi connectivity index (χ0) is 23.4. The summed E-state index contributed by atoms with van der Waals surface area (Å²) < 4.78 is 32.8. The number of halogens is 1. The summed E-state index contributed by atoms with van der Waals surface area (Å²) in [5.74, 6) is -0.772. The van der Waals surface area contributed by atoms with Crippen LogP contribution in [0, 0.1) is 5.41 Å². The van der Waals surface area contributed by atoms with Crippen LogP contribution in [0.4, 0.5) is 11.4 Å². The highest BCUT2D eigenvalue weighted by atomic mass is 35.5. The van der Waals surface area contributed by atoms with Crippen molar-refractivity contribution in [3.63, 3.8) is 0 Å². The van der Waals surface area contributed by atoms with Crippen LogP contribution in [-0.4, -0.2) is 38.4 Å². The predicted molar refractivity (Wildman–Crippen MR) is 127 cm³/mol. The zero-order valence-electron chi connectivity index (χ0n) is 18.5. The van der Waals surface area contributed by atoms with Crippen molar-refractivity contribution >= 4 is 38.8 Å². The quantitative estimate of drug-likeness (QED) is 0.496. The maximum Gasteiger partial charge on any atom is 0.306 e. The molecule has 1 heterocycles. The van der Waals surface area contributed by atoms with Gasteiger partial charge in [-0.2, -0.15) is 0 Å². The molecular formula is C24H30ClNO5S. The number of para-hydroxylation sites is 1. The van der Waals surface area contributed by atoms with Crippen molar-refractivity contribution in [2.45, 2.75) is 50.8 Å². The molecule has 0 saturated carbocycles. The highest BCUT2D eigenvalue weighted by Crippen LogP contribution is 2.46. The van der Waals surface area contributed by atoms with Crippen molar-refractivity contribution in [3.05, 3.63) is 47.5 Å². The van der Waals surface area contributed by atoms with E-state index in [1.807, 2.05) is 35.2 Å². The fourth-order valence-electron chi connectivity index (χ4n) is 4.22. The first-order valence-electron chi connectivity index (χ1n) is 10.9. The Bertz CT molecular complexity index is 1060. The summed E-state index contributed by atoms with van der Waals surface area (Å²) in [4.78, 5) is 13.0. The van der Waals surface area contributed by atoms with Crippen LogP contribution in [0.25, 0.3) is 0 Å². The van der Waals surface area contributed by atoms with Gasteiger partial charge in [0.25, 0.3) is 0 Å². The van der Waals surface area contributed by atoms with Crippen LogP contribution in [0.5, 0.6) is 5.75 Å². The molecular weight excluding hydrogens is 450 g/mol. The molecule has 6 nitrogen and oxygen atoms in total. The topological polar surface area (TPSA) is 83.9 Å². The summed E-state index contributed by atoms with van der Waals surface area (Å²) in [6.45, 7) is 4.64. The smallest absolute Gasteiger partial charge is 0.306 e. The minimum absolute atomic E-state index is 0.0447. The summed E-state index contributed by atoms with van der Waals surface area (Å²) in [6.07, 6.45) is 3.29. The molecule has 2 aromatic rings. The Hall–Kier alpha value is -2.25. The van der Waals surface area contributed by atoms with Gasteiger partial charge in [0.1, 0.15) is 5.75 Å². The number of carboxylic acid groups (broad SMARTS) is 1. The molecule has 0 aliphatic carbocycles. The number of rotatable bonds is 9. The van der Waals surface area contributed by atoms with Crippen LogP contribution in [0.2, 0.25) is 5.02 Å². The van der Waals surface area contributed by atoms with Gasteiger partial charge in [-0.3, -0.25) is 4.79 Å². The Labute approximate surface area is 195 Å². The van der Waals surface area contributed by atoms with Gasteiger partial charge in [-0.15, -0.1) is 0 Å². The standard InChI is InChI=1S/C24H30ClNO5S/c1-3-5-12-24(4-2)16-26(18-9-7-6-8-10-18)20-14-19(25)21(31-13-11-23(27)28)15-22(20)32(29,30)17-24/h6-10,14-15H,3-5,11-13,16-17H2,1-2H3,(H,27,28)/t24-/m1/s1. The minimum Gasteiger partial charge on any atom is -0.491 e. The Morgan fingerprint density at radius 3 is 2.56 bits per heavy atom. The molecule has 32 heavy (non-hydrogen) atoms. The van der Waals surface area contributed by atoms with Gasteiger partial charge < -0.3 is 14.7 Å². The van der Waals surface area contributed by atoms with Gasteiger partial charge in [-0.05, 0) is 31.0 Å². The van der Waals surface area contributed by atoms with E-state index in [1.165, 1.54) is 6.07 Å². The molecule has 0 spiro atoms. The molecule has 0 amide bonds. The minimum atomic E-state index is -3.65. The number of hydrogen-bond donors (Lipinski definition) is 1. The van der Waals surface area contributed by atoms with Crippen LogP contribution in [-0.2, 0) is 14.6 Å². The molecule has 0 saturated heterocycles. The average molecular weight is 480 g/mol. The maximum absolute atomic E-state index is 13.6. The van der Waals surface area contributed by atoms with Crippen molar-refractivity contribution in [1.82, 2.24) is 0 Å². The molecule has 3 rings (SSSR count). The van der Waals surface area contributed by atoms with Crippen molar-refractivity contribution in [2.75, 3.05) is 23.8 Å². The number of nitrogens with zero attached hydrogens (tertiary/aromatic N) is 1. The van der Waals surface area contributed by atoms with Crippen molar-refractivity contribution in [2.24, 2.45) is 5.41 Å². The zero-order valence-corrected chi connectivity index (χ0v) is 20.1. The first kappa shape index (κ1) is 24.4. The third-order valence-corrected chi connectivity index (χ3v) is 8.37. The lowest BCUT2D eigenvalue weighted by Crippen LogP contribution is -2.37. The summed E-state index contributed by atoms with van der Waals surface area (Å²) in [5, 5.41) is 9.13. The highest BCUT2D eigenvalue weighted by Gasteiger charge is 2.41. The number of ether oxygens (including phenoxy) is 1. The number of fused-ring (bicyclic) bond motifs is 1. The fourth-order valence-corrected chi connectivity index (χ4v) is 6.61. The Morgan fingerprint density at radius 1 is 1.22 bits per heavy atom. The van der Waals surface area contributed by atoms with E-state index < -0.39 is 21.2 Å². The van der Waals surface area contributed by atoms with E-state index >= 15 is 0 Å². The molecule has 0 fully saturated rings. The highest BCUT2D eigenvalue weighted by molar-refractivity contribution is 7.91. The number of benzene rings is 2.